The molecule has 2 bridgehead atoms. The van der Waals surface area contributed by atoms with Gasteiger partial charge in [-0.15, -0.1) is 0 Å². The zero-order valence-electron chi connectivity index (χ0n) is 6.91. The Morgan fingerprint density at radius 2 is 2.17 bits per heavy atom. The van der Waals surface area contributed by atoms with Gasteiger partial charge < -0.3 is 4.74 Å². The monoisotopic (exact) mass is 168 g/mol. The lowest BCUT2D eigenvalue weighted by Crippen LogP contribution is -2.24. The Labute approximate surface area is 71.1 Å². The van der Waals surface area contributed by atoms with Crippen LogP contribution < -0.4 is 0 Å². The second kappa shape index (κ2) is 2.88. The number of esters is 1. The van der Waals surface area contributed by atoms with Gasteiger partial charge in [0.05, 0.1) is 13.0 Å². The molecular formula is C9H12O3. The summed E-state index contributed by atoms with van der Waals surface area (Å²) in [6.07, 6.45) is 2.73. The SMILES string of the molecule is O=C1C[C@H]2C[C@H](CCC2=O)CO1. The normalized spacial score (nSPS) is 35.7. The van der Waals surface area contributed by atoms with E-state index in [1.807, 2.05) is 0 Å². The van der Waals surface area contributed by atoms with E-state index in [4.69, 9.17) is 4.74 Å². The third kappa shape index (κ3) is 1.36. The molecule has 1 aliphatic carbocycles. The lowest BCUT2D eigenvalue weighted by molar-refractivity contribution is -0.144. The molecular weight excluding hydrogens is 156 g/mol. The standard InChI is InChI=1S/C9H12O3/c10-8-2-1-6-3-7(8)4-9(11)12-5-6/h6-7H,1-5H2/t6-,7+/m0/s1. The molecule has 1 aliphatic heterocycles. The molecule has 1 heterocycles. The number of ketones is 1. The number of rotatable bonds is 0. The van der Waals surface area contributed by atoms with E-state index < -0.39 is 0 Å². The minimum Gasteiger partial charge on any atom is -0.465 e. The van der Waals surface area contributed by atoms with Crippen LogP contribution in [0.3, 0.4) is 0 Å². The van der Waals surface area contributed by atoms with E-state index >= 15 is 0 Å². The number of hydrogen-bond acceptors (Lipinski definition) is 3. The van der Waals surface area contributed by atoms with Crippen LogP contribution in [-0.2, 0) is 14.3 Å². The van der Waals surface area contributed by atoms with Crippen molar-refractivity contribution in [1.82, 2.24) is 0 Å². The molecule has 0 unspecified atom stereocenters. The quantitative estimate of drug-likeness (QED) is 0.505. The van der Waals surface area contributed by atoms with E-state index in [1.165, 1.54) is 0 Å². The van der Waals surface area contributed by atoms with Gasteiger partial charge >= 0.3 is 5.97 Å². The van der Waals surface area contributed by atoms with Crippen LogP contribution in [0.2, 0.25) is 0 Å². The van der Waals surface area contributed by atoms with Crippen molar-refractivity contribution in [1.29, 1.82) is 0 Å². The van der Waals surface area contributed by atoms with Crippen molar-refractivity contribution in [2.24, 2.45) is 11.8 Å². The van der Waals surface area contributed by atoms with Gasteiger partial charge in [-0.3, -0.25) is 9.59 Å². The molecule has 12 heavy (non-hydrogen) atoms. The lowest BCUT2D eigenvalue weighted by atomic mass is 9.80. The van der Waals surface area contributed by atoms with E-state index in [9.17, 15) is 9.59 Å². The summed E-state index contributed by atoms with van der Waals surface area (Å²) >= 11 is 0. The number of cyclic esters (lactones) is 1. The van der Waals surface area contributed by atoms with Gasteiger partial charge in [0.25, 0.3) is 0 Å². The molecule has 0 spiro atoms. The number of hydrogen-bond donors (Lipinski definition) is 0. The third-order valence-corrected chi connectivity index (χ3v) is 2.77. The summed E-state index contributed by atoms with van der Waals surface area (Å²) in [4.78, 5) is 22.3. The van der Waals surface area contributed by atoms with Crippen molar-refractivity contribution in [2.45, 2.75) is 25.7 Å². The Hall–Kier alpha value is -0.860. The molecule has 2 aliphatic rings. The fourth-order valence-corrected chi connectivity index (χ4v) is 2.02. The van der Waals surface area contributed by atoms with Crippen LogP contribution >= 0.6 is 0 Å². The third-order valence-electron chi connectivity index (χ3n) is 2.77. The van der Waals surface area contributed by atoms with Crippen molar-refractivity contribution in [2.75, 3.05) is 6.61 Å². The molecule has 1 saturated carbocycles. The van der Waals surface area contributed by atoms with Crippen molar-refractivity contribution in [3.8, 4) is 0 Å². The van der Waals surface area contributed by atoms with Gasteiger partial charge in [0, 0.05) is 12.3 Å². The van der Waals surface area contributed by atoms with E-state index in [0.29, 0.717) is 25.4 Å². The largest absolute Gasteiger partial charge is 0.465 e. The van der Waals surface area contributed by atoms with E-state index in [2.05, 4.69) is 0 Å². The van der Waals surface area contributed by atoms with Crippen LogP contribution in [0.15, 0.2) is 0 Å². The Morgan fingerprint density at radius 1 is 1.33 bits per heavy atom. The van der Waals surface area contributed by atoms with Gasteiger partial charge in [-0.2, -0.15) is 0 Å². The smallest absolute Gasteiger partial charge is 0.306 e. The topological polar surface area (TPSA) is 43.4 Å². The first-order valence-corrected chi connectivity index (χ1v) is 4.44. The van der Waals surface area contributed by atoms with Gasteiger partial charge in [-0.25, -0.2) is 0 Å². The zero-order valence-corrected chi connectivity index (χ0v) is 6.91. The van der Waals surface area contributed by atoms with Crippen molar-refractivity contribution >= 4 is 11.8 Å². The second-order valence-electron chi connectivity index (χ2n) is 3.69. The molecule has 2 fully saturated rings. The summed E-state index contributed by atoms with van der Waals surface area (Å²) in [5.74, 6) is 0.473. The maximum Gasteiger partial charge on any atom is 0.306 e. The fraction of sp³-hybridized carbons (Fsp3) is 0.778. The molecule has 1 saturated heterocycles. The van der Waals surface area contributed by atoms with Crippen LogP contribution in [0.4, 0.5) is 0 Å². The summed E-state index contributed by atoms with van der Waals surface area (Å²) < 4.78 is 4.97. The van der Waals surface area contributed by atoms with Crippen LogP contribution in [-0.4, -0.2) is 18.4 Å². The van der Waals surface area contributed by atoms with Gasteiger partial charge in [0.1, 0.15) is 5.78 Å². The molecule has 0 aromatic rings. The average molecular weight is 168 g/mol. The Balaban J connectivity index is 2.13. The maximum absolute atomic E-state index is 11.3. The maximum atomic E-state index is 11.3. The Kier molecular flexibility index (Phi) is 1.87. The molecule has 0 N–H and O–H groups in total. The van der Waals surface area contributed by atoms with Crippen LogP contribution in [0.25, 0.3) is 0 Å². The van der Waals surface area contributed by atoms with E-state index in [0.717, 1.165) is 12.8 Å². The molecule has 2 rings (SSSR count). The number of carbonyl (C=O) groups excluding carboxylic acids is 2. The number of fused-ring (bicyclic) bond motifs is 2. The predicted molar refractivity (Wildman–Crippen MR) is 41.4 cm³/mol. The minimum atomic E-state index is -0.197. The minimum absolute atomic E-state index is 0.0289. The van der Waals surface area contributed by atoms with E-state index in [-0.39, 0.29) is 17.7 Å². The summed E-state index contributed by atoms with van der Waals surface area (Å²) in [5, 5.41) is 0. The lowest BCUT2D eigenvalue weighted by Gasteiger charge is -2.22. The average Bonchev–Trinajstić information content (AvgIpc) is 2.20. The van der Waals surface area contributed by atoms with Crippen LogP contribution in [0.1, 0.15) is 25.7 Å². The van der Waals surface area contributed by atoms with Crippen molar-refractivity contribution in [3.05, 3.63) is 0 Å². The highest BCUT2D eigenvalue weighted by molar-refractivity contribution is 5.86. The first-order valence-electron chi connectivity index (χ1n) is 4.44. The molecule has 66 valence electrons. The van der Waals surface area contributed by atoms with Gasteiger partial charge in [0.2, 0.25) is 0 Å². The summed E-state index contributed by atoms with van der Waals surface area (Å²) in [5.41, 5.74) is 0. The number of Topliss-reactive ketones (excluding diaryl/α,β-unsaturated/α-hetero) is 1. The van der Waals surface area contributed by atoms with Gasteiger partial charge in [0.15, 0.2) is 0 Å². The van der Waals surface area contributed by atoms with Crippen LogP contribution in [0, 0.1) is 11.8 Å². The summed E-state index contributed by atoms with van der Waals surface area (Å²) in [7, 11) is 0. The molecule has 3 nitrogen and oxygen atoms in total. The molecule has 0 radical (unpaired) electrons. The van der Waals surface area contributed by atoms with Gasteiger partial charge in [-0.1, -0.05) is 0 Å². The zero-order chi connectivity index (χ0) is 8.55. The molecule has 2 atom stereocenters. The first-order chi connectivity index (χ1) is 5.75. The molecule has 0 aromatic carbocycles. The fourth-order valence-electron chi connectivity index (χ4n) is 2.02. The highest BCUT2D eigenvalue weighted by atomic mass is 16.5. The van der Waals surface area contributed by atoms with E-state index in [1.54, 1.807) is 0 Å². The van der Waals surface area contributed by atoms with Gasteiger partial charge in [-0.05, 0) is 18.8 Å². The number of carbonyl (C=O) groups is 2. The highest BCUT2D eigenvalue weighted by Gasteiger charge is 2.33. The Morgan fingerprint density at radius 3 is 3.00 bits per heavy atom. The second-order valence-corrected chi connectivity index (χ2v) is 3.69. The van der Waals surface area contributed by atoms with Crippen molar-refractivity contribution in [3.63, 3.8) is 0 Å². The summed E-state index contributed by atoms with van der Waals surface area (Å²) in [6.45, 7) is 0.530. The molecule has 0 aromatic heterocycles. The van der Waals surface area contributed by atoms with Crippen LogP contribution in [0.5, 0.6) is 0 Å². The molecule has 3 heteroatoms. The molecule has 0 amide bonds. The predicted octanol–water partition coefficient (Wildman–Crippen LogP) is 0.919. The first kappa shape index (κ1) is 7.77. The highest BCUT2D eigenvalue weighted by Crippen LogP contribution is 2.31. The number of ether oxygens (including phenoxy) is 1. The Bertz CT molecular complexity index is 222. The summed E-state index contributed by atoms with van der Waals surface area (Å²) in [6, 6.07) is 0. The van der Waals surface area contributed by atoms with Crippen molar-refractivity contribution < 1.29 is 14.3 Å².